The van der Waals surface area contributed by atoms with Crippen LogP contribution in [0.2, 0.25) is 10.0 Å². The molecule has 1 heterocycles. The van der Waals surface area contributed by atoms with Crippen LogP contribution >= 0.6 is 23.2 Å². The zero-order chi connectivity index (χ0) is 13.3. The fraction of sp³-hybridized carbons (Fsp3) is 0.417. The van der Waals surface area contributed by atoms with Gasteiger partial charge in [0, 0.05) is 11.7 Å². The molecule has 98 valence electrons. The Morgan fingerprint density at radius 3 is 2.78 bits per heavy atom. The molecule has 0 aliphatic carbocycles. The second-order valence-electron chi connectivity index (χ2n) is 4.62. The molecule has 1 aromatic rings. The van der Waals surface area contributed by atoms with Gasteiger partial charge in [-0.05, 0) is 25.1 Å². The Bertz CT molecular complexity index is 481. The van der Waals surface area contributed by atoms with E-state index >= 15 is 0 Å². The van der Waals surface area contributed by atoms with Gasteiger partial charge in [-0.15, -0.1) is 0 Å². The molecule has 1 saturated heterocycles. The minimum atomic E-state index is -0.716. The first kappa shape index (κ1) is 13.6. The summed E-state index contributed by atoms with van der Waals surface area (Å²) in [5, 5.41) is 3.62. The number of carbonyl (C=O) groups is 1. The molecule has 0 aromatic heterocycles. The van der Waals surface area contributed by atoms with E-state index in [2.05, 4.69) is 5.32 Å². The SMILES string of the molecule is CC1(C(=O)Nc2ccc(Cl)c(Cl)c2)COCC1N. The number of hydrogen-bond donors (Lipinski definition) is 2. The number of rotatable bonds is 2. The van der Waals surface area contributed by atoms with Gasteiger partial charge < -0.3 is 15.8 Å². The lowest BCUT2D eigenvalue weighted by molar-refractivity contribution is -0.125. The van der Waals surface area contributed by atoms with Crippen molar-refractivity contribution in [3.05, 3.63) is 28.2 Å². The van der Waals surface area contributed by atoms with Gasteiger partial charge in [0.2, 0.25) is 5.91 Å². The van der Waals surface area contributed by atoms with Crippen LogP contribution in [0, 0.1) is 5.41 Å². The lowest BCUT2D eigenvalue weighted by Crippen LogP contribution is -2.47. The normalized spacial score (nSPS) is 27.2. The Labute approximate surface area is 115 Å². The molecular formula is C12H14Cl2N2O2. The zero-order valence-electron chi connectivity index (χ0n) is 9.87. The zero-order valence-corrected chi connectivity index (χ0v) is 11.4. The lowest BCUT2D eigenvalue weighted by atomic mass is 9.85. The minimum absolute atomic E-state index is 0.175. The average molecular weight is 289 g/mol. The molecule has 1 aliphatic rings. The molecule has 4 nitrogen and oxygen atoms in total. The summed E-state index contributed by atoms with van der Waals surface area (Å²) in [6.07, 6.45) is 0. The number of amides is 1. The first-order valence-electron chi connectivity index (χ1n) is 5.53. The number of hydrogen-bond acceptors (Lipinski definition) is 3. The van der Waals surface area contributed by atoms with Gasteiger partial charge in [0.25, 0.3) is 0 Å². The van der Waals surface area contributed by atoms with Crippen molar-refractivity contribution >= 4 is 34.8 Å². The summed E-state index contributed by atoms with van der Waals surface area (Å²) in [7, 11) is 0. The maximum atomic E-state index is 12.2. The quantitative estimate of drug-likeness (QED) is 0.878. The molecule has 18 heavy (non-hydrogen) atoms. The minimum Gasteiger partial charge on any atom is -0.379 e. The predicted octanol–water partition coefficient (Wildman–Crippen LogP) is 2.30. The number of halogens is 2. The van der Waals surface area contributed by atoms with Crippen molar-refractivity contribution in [1.82, 2.24) is 0 Å². The number of carbonyl (C=O) groups excluding carboxylic acids is 1. The molecule has 0 radical (unpaired) electrons. The highest BCUT2D eigenvalue weighted by atomic mass is 35.5. The molecule has 6 heteroatoms. The first-order chi connectivity index (χ1) is 8.43. The van der Waals surface area contributed by atoms with Crippen molar-refractivity contribution in [2.45, 2.75) is 13.0 Å². The Balaban J connectivity index is 2.14. The van der Waals surface area contributed by atoms with E-state index in [0.29, 0.717) is 28.9 Å². The molecule has 2 rings (SSSR count). The topological polar surface area (TPSA) is 64.3 Å². The largest absolute Gasteiger partial charge is 0.379 e. The molecule has 1 aliphatic heterocycles. The smallest absolute Gasteiger partial charge is 0.234 e. The van der Waals surface area contributed by atoms with Crippen LogP contribution in [0.15, 0.2) is 18.2 Å². The molecule has 0 bridgehead atoms. The molecule has 1 fully saturated rings. The second kappa shape index (κ2) is 5.05. The number of ether oxygens (including phenoxy) is 1. The second-order valence-corrected chi connectivity index (χ2v) is 5.44. The van der Waals surface area contributed by atoms with Crippen molar-refractivity contribution in [2.75, 3.05) is 18.5 Å². The molecule has 0 saturated carbocycles. The summed E-state index contributed by atoms with van der Waals surface area (Å²) >= 11 is 11.7. The van der Waals surface area contributed by atoms with Crippen LogP contribution in [0.25, 0.3) is 0 Å². The molecule has 2 unspecified atom stereocenters. The van der Waals surface area contributed by atoms with E-state index in [0.717, 1.165) is 0 Å². The summed E-state index contributed by atoms with van der Waals surface area (Å²) < 4.78 is 5.24. The molecule has 0 spiro atoms. The monoisotopic (exact) mass is 288 g/mol. The van der Waals surface area contributed by atoms with Crippen LogP contribution in [-0.4, -0.2) is 25.2 Å². The van der Waals surface area contributed by atoms with Crippen LogP contribution < -0.4 is 11.1 Å². The van der Waals surface area contributed by atoms with E-state index in [-0.39, 0.29) is 11.9 Å². The van der Waals surface area contributed by atoms with Crippen molar-refractivity contribution in [3.63, 3.8) is 0 Å². The van der Waals surface area contributed by atoms with E-state index in [1.54, 1.807) is 25.1 Å². The van der Waals surface area contributed by atoms with Gasteiger partial charge >= 0.3 is 0 Å². The molecular weight excluding hydrogens is 275 g/mol. The first-order valence-corrected chi connectivity index (χ1v) is 6.29. The number of nitrogens with one attached hydrogen (secondary N) is 1. The third kappa shape index (κ3) is 2.47. The van der Waals surface area contributed by atoms with E-state index in [9.17, 15) is 4.79 Å². The summed E-state index contributed by atoms with van der Waals surface area (Å²) in [4.78, 5) is 12.2. The van der Waals surface area contributed by atoms with Gasteiger partial charge in [-0.2, -0.15) is 0 Å². The molecule has 3 N–H and O–H groups in total. The van der Waals surface area contributed by atoms with Crippen LogP contribution in [-0.2, 0) is 9.53 Å². The lowest BCUT2D eigenvalue weighted by Gasteiger charge is -2.25. The van der Waals surface area contributed by atoms with Gasteiger partial charge in [-0.25, -0.2) is 0 Å². The predicted molar refractivity (Wildman–Crippen MR) is 72.0 cm³/mol. The molecule has 1 amide bonds. The third-order valence-corrected chi connectivity index (χ3v) is 3.95. The van der Waals surface area contributed by atoms with Crippen LogP contribution in [0.1, 0.15) is 6.92 Å². The Hall–Kier alpha value is -0.810. The highest BCUT2D eigenvalue weighted by molar-refractivity contribution is 6.42. The number of benzene rings is 1. The van der Waals surface area contributed by atoms with Gasteiger partial charge in [0.1, 0.15) is 0 Å². The highest BCUT2D eigenvalue weighted by Crippen LogP contribution is 2.30. The Morgan fingerprint density at radius 2 is 2.22 bits per heavy atom. The van der Waals surface area contributed by atoms with Crippen molar-refractivity contribution in [2.24, 2.45) is 11.1 Å². The van der Waals surface area contributed by atoms with Crippen LogP contribution in [0.3, 0.4) is 0 Å². The van der Waals surface area contributed by atoms with E-state index in [1.807, 2.05) is 0 Å². The van der Waals surface area contributed by atoms with Gasteiger partial charge in [-0.1, -0.05) is 23.2 Å². The maximum Gasteiger partial charge on any atom is 0.234 e. The molecule has 2 atom stereocenters. The summed E-state index contributed by atoms with van der Waals surface area (Å²) in [5.74, 6) is -0.175. The summed E-state index contributed by atoms with van der Waals surface area (Å²) in [6.45, 7) is 2.50. The number of nitrogens with two attached hydrogens (primary N) is 1. The van der Waals surface area contributed by atoms with E-state index < -0.39 is 5.41 Å². The Morgan fingerprint density at radius 1 is 1.50 bits per heavy atom. The third-order valence-electron chi connectivity index (χ3n) is 3.21. The van der Waals surface area contributed by atoms with Crippen LogP contribution in [0.5, 0.6) is 0 Å². The van der Waals surface area contributed by atoms with E-state index in [1.165, 1.54) is 0 Å². The standard InChI is InChI=1S/C12H14Cl2N2O2/c1-12(6-18-5-10(12)15)11(17)16-7-2-3-8(13)9(14)4-7/h2-4,10H,5-6,15H2,1H3,(H,16,17). The summed E-state index contributed by atoms with van der Waals surface area (Å²) in [5.41, 5.74) is 5.76. The van der Waals surface area contributed by atoms with Gasteiger partial charge in [0.05, 0.1) is 28.7 Å². The van der Waals surface area contributed by atoms with Crippen molar-refractivity contribution in [3.8, 4) is 0 Å². The van der Waals surface area contributed by atoms with Gasteiger partial charge in [-0.3, -0.25) is 4.79 Å². The van der Waals surface area contributed by atoms with Gasteiger partial charge in [0.15, 0.2) is 0 Å². The van der Waals surface area contributed by atoms with E-state index in [4.69, 9.17) is 33.7 Å². The van der Waals surface area contributed by atoms with Crippen molar-refractivity contribution < 1.29 is 9.53 Å². The fourth-order valence-corrected chi connectivity index (χ4v) is 2.07. The Kier molecular flexibility index (Phi) is 3.82. The summed E-state index contributed by atoms with van der Waals surface area (Å²) in [6, 6.07) is 4.62. The number of anilines is 1. The van der Waals surface area contributed by atoms with Crippen molar-refractivity contribution in [1.29, 1.82) is 0 Å². The average Bonchev–Trinajstić information content (AvgIpc) is 2.66. The molecule has 1 aromatic carbocycles. The maximum absolute atomic E-state index is 12.2. The fourth-order valence-electron chi connectivity index (χ4n) is 1.77. The highest BCUT2D eigenvalue weighted by Gasteiger charge is 2.44. The van der Waals surface area contributed by atoms with Crippen LogP contribution in [0.4, 0.5) is 5.69 Å².